The zero-order valence-electron chi connectivity index (χ0n) is 12.4. The van der Waals surface area contributed by atoms with Crippen LogP contribution in [0.25, 0.3) is 0 Å². The lowest BCUT2D eigenvalue weighted by Gasteiger charge is -2.29. The van der Waals surface area contributed by atoms with Gasteiger partial charge < -0.3 is 10.8 Å². The number of anilines is 2. The van der Waals surface area contributed by atoms with Crippen molar-refractivity contribution in [3.05, 3.63) is 59.2 Å². The lowest BCUT2D eigenvalue weighted by Crippen LogP contribution is -2.49. The number of imide groups is 1. The van der Waals surface area contributed by atoms with Crippen molar-refractivity contribution in [2.75, 3.05) is 10.6 Å². The van der Waals surface area contributed by atoms with E-state index < -0.39 is 23.6 Å². The maximum absolute atomic E-state index is 12.8. The van der Waals surface area contributed by atoms with E-state index in [1.54, 1.807) is 12.1 Å². The lowest BCUT2D eigenvalue weighted by molar-refractivity contribution is -0.136. The Morgan fingerprint density at radius 2 is 1.50 bits per heavy atom. The molecule has 3 N–H and O–H groups in total. The van der Waals surface area contributed by atoms with E-state index in [1.165, 1.54) is 30.3 Å². The molecular weight excluding hydrogens is 312 g/mol. The standard InChI is InChI=1S/C17H12N2O5/c18-15-10(5-3-6-11(15)17(23)24)16(22)9-4-1-2-7-12(9)19-13(20)8-14(19)21/h1-7H,8,18H2,(H,23,24). The number of nitrogen functional groups attached to an aromatic ring is 1. The molecule has 120 valence electrons. The summed E-state index contributed by atoms with van der Waals surface area (Å²) in [5, 5.41) is 9.11. The van der Waals surface area contributed by atoms with E-state index in [1.807, 2.05) is 0 Å². The van der Waals surface area contributed by atoms with Crippen LogP contribution in [0.4, 0.5) is 11.4 Å². The molecule has 0 aliphatic carbocycles. The van der Waals surface area contributed by atoms with Crippen LogP contribution in [-0.2, 0) is 9.59 Å². The number of rotatable bonds is 4. The SMILES string of the molecule is Nc1c(C(=O)O)cccc1C(=O)c1ccccc1N1C(=O)CC1=O. The van der Waals surface area contributed by atoms with Gasteiger partial charge in [0.05, 0.1) is 16.9 Å². The van der Waals surface area contributed by atoms with Gasteiger partial charge in [0.1, 0.15) is 6.42 Å². The minimum absolute atomic E-state index is 0.00257. The van der Waals surface area contributed by atoms with Gasteiger partial charge >= 0.3 is 5.97 Å². The first-order chi connectivity index (χ1) is 11.4. The topological polar surface area (TPSA) is 118 Å². The summed E-state index contributed by atoms with van der Waals surface area (Å²) >= 11 is 0. The average molecular weight is 324 g/mol. The van der Waals surface area contributed by atoms with Crippen molar-refractivity contribution in [1.82, 2.24) is 0 Å². The Bertz CT molecular complexity index is 890. The van der Waals surface area contributed by atoms with Crippen LogP contribution < -0.4 is 10.6 Å². The summed E-state index contributed by atoms with van der Waals surface area (Å²) in [5.41, 5.74) is 5.73. The van der Waals surface area contributed by atoms with Gasteiger partial charge in [0.25, 0.3) is 0 Å². The first kappa shape index (κ1) is 15.4. The smallest absolute Gasteiger partial charge is 0.337 e. The number of ketones is 1. The number of carbonyl (C=O) groups excluding carboxylic acids is 3. The van der Waals surface area contributed by atoms with Crippen molar-refractivity contribution >= 4 is 34.9 Å². The number of carboxylic acids is 1. The Balaban J connectivity index is 2.10. The van der Waals surface area contributed by atoms with Gasteiger partial charge in [-0.2, -0.15) is 0 Å². The molecule has 2 amide bonds. The fraction of sp³-hybridized carbons (Fsp3) is 0.0588. The Morgan fingerprint density at radius 1 is 0.917 bits per heavy atom. The van der Waals surface area contributed by atoms with Gasteiger partial charge in [-0.05, 0) is 24.3 Å². The van der Waals surface area contributed by atoms with Crippen LogP contribution in [0.1, 0.15) is 32.7 Å². The summed E-state index contributed by atoms with van der Waals surface area (Å²) in [6.07, 6.45) is -0.195. The molecule has 7 heteroatoms. The maximum Gasteiger partial charge on any atom is 0.337 e. The summed E-state index contributed by atoms with van der Waals surface area (Å²) in [7, 11) is 0. The molecular formula is C17H12N2O5. The van der Waals surface area contributed by atoms with Crippen LogP contribution in [0.2, 0.25) is 0 Å². The number of benzene rings is 2. The molecule has 3 rings (SSSR count). The Kier molecular flexibility index (Phi) is 3.61. The molecule has 0 radical (unpaired) electrons. The predicted molar refractivity (Wildman–Crippen MR) is 84.8 cm³/mol. The summed E-state index contributed by atoms with van der Waals surface area (Å²) in [6, 6.07) is 10.2. The molecule has 2 aromatic rings. The molecule has 0 saturated carbocycles. The Hall–Kier alpha value is -3.48. The quantitative estimate of drug-likeness (QED) is 0.380. The van der Waals surface area contributed by atoms with Crippen molar-refractivity contribution in [3.8, 4) is 0 Å². The number of nitrogens with zero attached hydrogens (tertiary/aromatic N) is 1. The number of carboxylic acid groups (broad SMARTS) is 1. The van der Waals surface area contributed by atoms with Gasteiger partial charge in [-0.25, -0.2) is 9.69 Å². The summed E-state index contributed by atoms with van der Waals surface area (Å²) in [5.74, 6) is -2.60. The maximum atomic E-state index is 12.8. The molecule has 0 unspecified atom stereocenters. The number of carbonyl (C=O) groups is 4. The van der Waals surface area contributed by atoms with Crippen molar-refractivity contribution in [2.45, 2.75) is 6.42 Å². The Morgan fingerprint density at radius 3 is 2.12 bits per heavy atom. The zero-order valence-corrected chi connectivity index (χ0v) is 12.4. The second kappa shape index (κ2) is 5.62. The van der Waals surface area contributed by atoms with Gasteiger partial charge in [-0.3, -0.25) is 14.4 Å². The highest BCUT2D eigenvalue weighted by molar-refractivity contribution is 6.33. The van der Waals surface area contributed by atoms with E-state index in [4.69, 9.17) is 10.8 Å². The van der Waals surface area contributed by atoms with Gasteiger partial charge in [0, 0.05) is 11.1 Å². The lowest BCUT2D eigenvalue weighted by atomic mass is 9.96. The van der Waals surface area contributed by atoms with E-state index in [0.717, 1.165) is 4.90 Å². The van der Waals surface area contributed by atoms with Crippen LogP contribution in [0.5, 0.6) is 0 Å². The monoisotopic (exact) mass is 324 g/mol. The third-order valence-corrected chi connectivity index (χ3v) is 3.77. The molecule has 2 aromatic carbocycles. The number of hydrogen-bond donors (Lipinski definition) is 2. The highest BCUT2D eigenvalue weighted by Gasteiger charge is 2.37. The fourth-order valence-corrected chi connectivity index (χ4v) is 2.56. The second-order valence-electron chi connectivity index (χ2n) is 5.22. The minimum atomic E-state index is -1.25. The van der Waals surface area contributed by atoms with Crippen LogP contribution in [-0.4, -0.2) is 28.7 Å². The van der Waals surface area contributed by atoms with Crippen LogP contribution in [0, 0.1) is 0 Å². The molecule has 0 spiro atoms. The largest absolute Gasteiger partial charge is 0.478 e. The van der Waals surface area contributed by atoms with E-state index in [9.17, 15) is 19.2 Å². The normalized spacial score (nSPS) is 13.6. The third kappa shape index (κ3) is 2.32. The van der Waals surface area contributed by atoms with Crippen molar-refractivity contribution < 1.29 is 24.3 Å². The van der Waals surface area contributed by atoms with Crippen molar-refractivity contribution in [3.63, 3.8) is 0 Å². The minimum Gasteiger partial charge on any atom is -0.478 e. The van der Waals surface area contributed by atoms with Gasteiger partial charge in [-0.15, -0.1) is 0 Å². The first-order valence-corrected chi connectivity index (χ1v) is 7.03. The van der Waals surface area contributed by atoms with Crippen molar-refractivity contribution in [2.24, 2.45) is 0 Å². The van der Waals surface area contributed by atoms with Crippen LogP contribution >= 0.6 is 0 Å². The number of hydrogen-bond acceptors (Lipinski definition) is 5. The van der Waals surface area contributed by atoms with E-state index >= 15 is 0 Å². The highest BCUT2D eigenvalue weighted by Crippen LogP contribution is 2.30. The number of β-lactam (4-membered cyclic amide) rings is 2. The Labute approximate surface area is 136 Å². The highest BCUT2D eigenvalue weighted by atomic mass is 16.4. The molecule has 7 nitrogen and oxygen atoms in total. The second-order valence-corrected chi connectivity index (χ2v) is 5.22. The summed E-state index contributed by atoms with van der Waals surface area (Å²) < 4.78 is 0. The fourth-order valence-electron chi connectivity index (χ4n) is 2.56. The van der Waals surface area contributed by atoms with E-state index in [-0.39, 0.29) is 34.5 Å². The van der Waals surface area contributed by atoms with E-state index in [2.05, 4.69) is 0 Å². The van der Waals surface area contributed by atoms with Crippen LogP contribution in [0.3, 0.4) is 0 Å². The predicted octanol–water partition coefficient (Wildman–Crippen LogP) is 1.46. The average Bonchev–Trinajstić information content (AvgIpc) is 2.54. The molecule has 0 bridgehead atoms. The molecule has 1 aliphatic rings. The number of nitrogens with two attached hydrogens (primary N) is 1. The molecule has 1 heterocycles. The van der Waals surface area contributed by atoms with Crippen molar-refractivity contribution in [1.29, 1.82) is 0 Å². The van der Waals surface area contributed by atoms with Crippen LogP contribution in [0.15, 0.2) is 42.5 Å². The summed E-state index contributed by atoms with van der Waals surface area (Å²) in [6.45, 7) is 0. The number of amides is 2. The molecule has 0 aromatic heterocycles. The van der Waals surface area contributed by atoms with Gasteiger partial charge in [0.2, 0.25) is 11.8 Å². The third-order valence-electron chi connectivity index (χ3n) is 3.77. The molecule has 24 heavy (non-hydrogen) atoms. The first-order valence-electron chi connectivity index (χ1n) is 7.03. The zero-order chi connectivity index (χ0) is 17.4. The molecule has 1 aliphatic heterocycles. The molecule has 1 fully saturated rings. The van der Waals surface area contributed by atoms with Gasteiger partial charge in [-0.1, -0.05) is 18.2 Å². The van der Waals surface area contributed by atoms with E-state index in [0.29, 0.717) is 0 Å². The number of aromatic carboxylic acids is 1. The van der Waals surface area contributed by atoms with Gasteiger partial charge in [0.15, 0.2) is 5.78 Å². The summed E-state index contributed by atoms with van der Waals surface area (Å²) in [4.78, 5) is 48.2. The molecule has 1 saturated heterocycles. The molecule has 0 atom stereocenters. The number of para-hydroxylation sites is 2.